The fourth-order valence-corrected chi connectivity index (χ4v) is 2.64. The predicted octanol–water partition coefficient (Wildman–Crippen LogP) is 2.14. The van der Waals surface area contributed by atoms with Crippen LogP contribution in [0.25, 0.3) is 0 Å². The van der Waals surface area contributed by atoms with Gasteiger partial charge in [-0.2, -0.15) is 0 Å². The second-order valence-corrected chi connectivity index (χ2v) is 5.13. The van der Waals surface area contributed by atoms with Gasteiger partial charge < -0.3 is 10.2 Å². The van der Waals surface area contributed by atoms with E-state index in [0.717, 1.165) is 12.8 Å². The van der Waals surface area contributed by atoms with Crippen LogP contribution in [0.2, 0.25) is 0 Å². The van der Waals surface area contributed by atoms with Crippen molar-refractivity contribution in [2.45, 2.75) is 64.4 Å². The Balaban J connectivity index is 3.00. The second kappa shape index (κ2) is 5.17. The minimum absolute atomic E-state index is 0.0567. The van der Waals surface area contributed by atoms with Gasteiger partial charge in [-0.05, 0) is 32.1 Å². The lowest BCUT2D eigenvalue weighted by atomic mass is 9.66. The molecule has 1 aliphatic carbocycles. The molecule has 1 aliphatic rings. The van der Waals surface area contributed by atoms with Crippen LogP contribution in [0, 0.1) is 5.41 Å². The van der Waals surface area contributed by atoms with E-state index in [-0.39, 0.29) is 12.2 Å². The first-order valence-corrected chi connectivity index (χ1v) is 6.39. The van der Waals surface area contributed by atoms with E-state index in [0.29, 0.717) is 25.7 Å². The fourth-order valence-electron chi connectivity index (χ4n) is 2.64. The Morgan fingerprint density at radius 1 is 1.35 bits per heavy atom. The maximum Gasteiger partial charge on any atom is 0.317 e. The van der Waals surface area contributed by atoms with E-state index < -0.39 is 17.0 Å². The summed E-state index contributed by atoms with van der Waals surface area (Å²) in [6.45, 7) is 3.65. The molecule has 0 spiro atoms. The van der Waals surface area contributed by atoms with E-state index in [1.54, 1.807) is 0 Å². The van der Waals surface area contributed by atoms with Crippen molar-refractivity contribution in [2.24, 2.45) is 5.41 Å². The summed E-state index contributed by atoms with van der Waals surface area (Å²) in [5.41, 5.74) is -2.38. The predicted molar refractivity (Wildman–Crippen MR) is 63.7 cm³/mol. The molecular formula is C13H22O4. The van der Waals surface area contributed by atoms with Crippen molar-refractivity contribution in [3.63, 3.8) is 0 Å². The van der Waals surface area contributed by atoms with E-state index in [1.807, 2.05) is 13.8 Å². The topological polar surface area (TPSA) is 74.6 Å². The van der Waals surface area contributed by atoms with Gasteiger partial charge in [-0.25, -0.2) is 0 Å². The number of aliphatic hydroxyl groups is 1. The van der Waals surface area contributed by atoms with E-state index in [4.69, 9.17) is 0 Å². The van der Waals surface area contributed by atoms with Crippen LogP contribution in [-0.2, 0) is 9.59 Å². The van der Waals surface area contributed by atoms with Crippen LogP contribution in [0.3, 0.4) is 0 Å². The molecule has 0 heterocycles. The molecule has 17 heavy (non-hydrogen) atoms. The summed E-state index contributed by atoms with van der Waals surface area (Å²) >= 11 is 0. The third kappa shape index (κ3) is 2.68. The number of aliphatic carboxylic acids is 1. The van der Waals surface area contributed by atoms with E-state index in [9.17, 15) is 19.8 Å². The monoisotopic (exact) mass is 242 g/mol. The van der Waals surface area contributed by atoms with Crippen molar-refractivity contribution < 1.29 is 19.8 Å². The highest BCUT2D eigenvalue weighted by Crippen LogP contribution is 2.42. The molecule has 4 nitrogen and oxygen atoms in total. The van der Waals surface area contributed by atoms with Crippen molar-refractivity contribution in [2.75, 3.05) is 0 Å². The SMILES string of the molecule is CCC(O)(CC)CC1(C(=O)O)CCCCC1=O. The van der Waals surface area contributed by atoms with Gasteiger partial charge in [-0.15, -0.1) is 0 Å². The molecule has 0 bridgehead atoms. The molecule has 0 amide bonds. The molecule has 4 heteroatoms. The Bertz CT molecular complexity index is 307. The first kappa shape index (κ1) is 14.2. The fraction of sp³-hybridized carbons (Fsp3) is 0.846. The number of carboxylic acid groups (broad SMARTS) is 1. The molecule has 0 aromatic rings. The Kier molecular flexibility index (Phi) is 4.31. The molecule has 1 fully saturated rings. The molecule has 1 atom stereocenters. The van der Waals surface area contributed by atoms with Crippen molar-refractivity contribution in [3.8, 4) is 0 Å². The Morgan fingerprint density at radius 2 is 1.94 bits per heavy atom. The quantitative estimate of drug-likeness (QED) is 0.724. The third-order valence-electron chi connectivity index (χ3n) is 4.15. The highest BCUT2D eigenvalue weighted by atomic mass is 16.4. The number of ketones is 1. The summed E-state index contributed by atoms with van der Waals surface area (Å²) in [4.78, 5) is 23.4. The Labute approximate surface area is 102 Å². The zero-order chi connectivity index (χ0) is 13.1. The lowest BCUT2D eigenvalue weighted by Crippen LogP contribution is -2.47. The smallest absolute Gasteiger partial charge is 0.317 e. The highest BCUT2D eigenvalue weighted by molar-refractivity contribution is 6.03. The number of carbonyl (C=O) groups is 2. The minimum Gasteiger partial charge on any atom is -0.480 e. The summed E-state index contributed by atoms with van der Waals surface area (Å²) in [5.74, 6) is -1.28. The summed E-state index contributed by atoms with van der Waals surface area (Å²) in [5, 5.41) is 19.7. The molecule has 1 saturated carbocycles. The summed E-state index contributed by atoms with van der Waals surface area (Å²) in [7, 11) is 0. The lowest BCUT2D eigenvalue weighted by molar-refractivity contribution is -0.163. The standard InChI is InChI=1S/C13H22O4/c1-3-12(17,4-2)9-13(11(15)16)8-6-5-7-10(13)14/h17H,3-9H2,1-2H3,(H,15,16). The van der Waals surface area contributed by atoms with Crippen LogP contribution >= 0.6 is 0 Å². The average molecular weight is 242 g/mol. The molecule has 0 radical (unpaired) electrons. The number of Topliss-reactive ketones (excluding diaryl/α,β-unsaturated/α-hetero) is 1. The zero-order valence-corrected chi connectivity index (χ0v) is 10.7. The summed E-state index contributed by atoms with van der Waals surface area (Å²) < 4.78 is 0. The van der Waals surface area contributed by atoms with Gasteiger partial charge in [0.15, 0.2) is 0 Å². The van der Waals surface area contributed by atoms with Crippen LogP contribution in [-0.4, -0.2) is 27.6 Å². The van der Waals surface area contributed by atoms with Crippen LogP contribution < -0.4 is 0 Å². The highest BCUT2D eigenvalue weighted by Gasteiger charge is 2.50. The lowest BCUT2D eigenvalue weighted by Gasteiger charge is -2.38. The van der Waals surface area contributed by atoms with Crippen LogP contribution in [0.5, 0.6) is 0 Å². The maximum atomic E-state index is 12.0. The summed E-state index contributed by atoms with van der Waals surface area (Å²) in [6, 6.07) is 0. The van der Waals surface area contributed by atoms with Crippen molar-refractivity contribution in [3.05, 3.63) is 0 Å². The van der Waals surface area contributed by atoms with Gasteiger partial charge in [-0.1, -0.05) is 20.3 Å². The van der Waals surface area contributed by atoms with Crippen molar-refractivity contribution in [1.29, 1.82) is 0 Å². The van der Waals surface area contributed by atoms with Gasteiger partial charge in [0.2, 0.25) is 0 Å². The van der Waals surface area contributed by atoms with E-state index in [2.05, 4.69) is 0 Å². The van der Waals surface area contributed by atoms with Crippen molar-refractivity contribution >= 4 is 11.8 Å². The summed E-state index contributed by atoms with van der Waals surface area (Å²) in [6.07, 6.45) is 3.23. The third-order valence-corrected chi connectivity index (χ3v) is 4.15. The van der Waals surface area contributed by atoms with Gasteiger partial charge in [0.25, 0.3) is 0 Å². The molecule has 98 valence electrons. The molecule has 0 aliphatic heterocycles. The maximum absolute atomic E-state index is 12.0. The van der Waals surface area contributed by atoms with Gasteiger partial charge in [0.1, 0.15) is 11.2 Å². The molecule has 0 aromatic heterocycles. The minimum atomic E-state index is -1.35. The van der Waals surface area contributed by atoms with Gasteiger partial charge in [0.05, 0.1) is 5.60 Å². The molecule has 2 N–H and O–H groups in total. The normalized spacial score (nSPS) is 25.9. The van der Waals surface area contributed by atoms with Crippen LogP contribution in [0.15, 0.2) is 0 Å². The average Bonchev–Trinajstić information content (AvgIpc) is 2.32. The first-order valence-electron chi connectivity index (χ1n) is 6.39. The number of carboxylic acids is 1. The number of hydrogen-bond acceptors (Lipinski definition) is 3. The zero-order valence-electron chi connectivity index (χ0n) is 10.7. The molecular weight excluding hydrogens is 220 g/mol. The first-order chi connectivity index (χ1) is 7.90. The van der Waals surface area contributed by atoms with Crippen LogP contribution in [0.1, 0.15) is 58.8 Å². The largest absolute Gasteiger partial charge is 0.480 e. The van der Waals surface area contributed by atoms with Gasteiger partial charge in [-0.3, -0.25) is 9.59 Å². The van der Waals surface area contributed by atoms with E-state index in [1.165, 1.54) is 0 Å². The van der Waals surface area contributed by atoms with Crippen molar-refractivity contribution in [1.82, 2.24) is 0 Å². The molecule has 1 unspecified atom stereocenters. The van der Waals surface area contributed by atoms with E-state index >= 15 is 0 Å². The number of carbonyl (C=O) groups excluding carboxylic acids is 1. The molecule has 0 saturated heterocycles. The van der Waals surface area contributed by atoms with Crippen LogP contribution in [0.4, 0.5) is 0 Å². The molecule has 1 rings (SSSR count). The number of rotatable bonds is 5. The second-order valence-electron chi connectivity index (χ2n) is 5.13. The van der Waals surface area contributed by atoms with Gasteiger partial charge >= 0.3 is 5.97 Å². The number of hydrogen-bond donors (Lipinski definition) is 2. The Morgan fingerprint density at radius 3 is 2.35 bits per heavy atom. The molecule has 0 aromatic carbocycles. The Hall–Kier alpha value is -0.900. The van der Waals surface area contributed by atoms with Gasteiger partial charge in [0, 0.05) is 6.42 Å².